The molecule has 3 atom stereocenters. The van der Waals surface area contributed by atoms with Crippen LogP contribution in [-0.4, -0.2) is 63.4 Å². The molecule has 5 aromatic rings. The lowest BCUT2D eigenvalue weighted by Crippen LogP contribution is -2.54. The number of para-hydroxylation sites is 2. The number of carbonyl (C=O) groups is 4. The number of aromatic amines is 2. The van der Waals surface area contributed by atoms with Crippen molar-refractivity contribution in [3.05, 3.63) is 108 Å². The van der Waals surface area contributed by atoms with Crippen LogP contribution in [0.1, 0.15) is 16.7 Å². The van der Waals surface area contributed by atoms with Gasteiger partial charge in [-0.15, -0.1) is 0 Å². The van der Waals surface area contributed by atoms with Crippen molar-refractivity contribution in [2.45, 2.75) is 37.4 Å². The van der Waals surface area contributed by atoms with Gasteiger partial charge in [0.1, 0.15) is 12.1 Å². The highest BCUT2D eigenvalue weighted by molar-refractivity contribution is 5.94. The maximum atomic E-state index is 13.4. The number of hydrogen-bond acceptors (Lipinski definition) is 5. The van der Waals surface area contributed by atoms with Gasteiger partial charge in [0.05, 0.1) is 12.6 Å². The van der Waals surface area contributed by atoms with E-state index in [4.69, 9.17) is 5.73 Å². The molecule has 3 amide bonds. The van der Waals surface area contributed by atoms with Crippen LogP contribution in [0.5, 0.6) is 0 Å². The third-order valence-electron chi connectivity index (χ3n) is 7.52. The number of H-pyrrole nitrogens is 2. The minimum atomic E-state index is -1.21. The van der Waals surface area contributed by atoms with Crippen molar-refractivity contribution in [3.8, 4) is 0 Å². The summed E-state index contributed by atoms with van der Waals surface area (Å²) in [6, 6.07) is 21.2. The Balaban J connectivity index is 1.24. The standard InChI is InChI=1S/C33H34N6O5/c34-25(14-20-8-2-1-3-9-20)31(41)39-28(15-21-17-35-26-12-6-4-10-23(21)26)32(42)37-19-30(40)38-29(33(43)44)16-22-18-36-27-13-7-5-11-24(22)27/h1-13,17-18,25,28-29,35-36H,14-16,19,34H2,(H,37,42)(H,38,40)(H,39,41)(H,43,44). The molecule has 0 fully saturated rings. The number of aliphatic carboxylic acids is 1. The first-order chi connectivity index (χ1) is 21.3. The molecule has 11 heteroatoms. The van der Waals surface area contributed by atoms with Crippen molar-refractivity contribution in [2.75, 3.05) is 6.54 Å². The van der Waals surface area contributed by atoms with Crippen molar-refractivity contribution < 1.29 is 24.3 Å². The molecule has 8 N–H and O–H groups in total. The van der Waals surface area contributed by atoms with Gasteiger partial charge in [-0.05, 0) is 35.2 Å². The minimum absolute atomic E-state index is 0.0532. The van der Waals surface area contributed by atoms with Gasteiger partial charge in [-0.1, -0.05) is 66.7 Å². The summed E-state index contributed by atoms with van der Waals surface area (Å²) in [5.41, 5.74) is 10.3. The molecule has 0 aliphatic rings. The van der Waals surface area contributed by atoms with Crippen LogP contribution in [0.25, 0.3) is 21.8 Å². The van der Waals surface area contributed by atoms with Gasteiger partial charge in [0, 0.05) is 47.0 Å². The average Bonchev–Trinajstić information content (AvgIpc) is 3.63. The van der Waals surface area contributed by atoms with Crippen molar-refractivity contribution >= 4 is 45.5 Å². The molecular weight excluding hydrogens is 560 g/mol. The second kappa shape index (κ2) is 13.7. The van der Waals surface area contributed by atoms with Crippen molar-refractivity contribution in [2.24, 2.45) is 5.73 Å². The second-order valence-electron chi connectivity index (χ2n) is 10.7. The number of aromatic nitrogens is 2. The van der Waals surface area contributed by atoms with E-state index >= 15 is 0 Å². The molecule has 2 aromatic heterocycles. The van der Waals surface area contributed by atoms with Gasteiger partial charge in [0.15, 0.2) is 0 Å². The Kier molecular flexibility index (Phi) is 9.36. The quantitative estimate of drug-likeness (QED) is 0.110. The lowest BCUT2D eigenvalue weighted by Gasteiger charge is -2.21. The number of fused-ring (bicyclic) bond motifs is 2. The summed E-state index contributed by atoms with van der Waals surface area (Å²) >= 11 is 0. The lowest BCUT2D eigenvalue weighted by atomic mass is 10.0. The molecule has 11 nitrogen and oxygen atoms in total. The molecule has 0 bridgehead atoms. The molecule has 0 spiro atoms. The van der Waals surface area contributed by atoms with Crippen LogP contribution in [0.4, 0.5) is 0 Å². The first kappa shape index (κ1) is 30.1. The summed E-state index contributed by atoms with van der Waals surface area (Å²) in [5.74, 6) is -2.99. The predicted octanol–water partition coefficient (Wildman–Crippen LogP) is 2.17. The highest BCUT2D eigenvalue weighted by Gasteiger charge is 2.27. The molecule has 2 heterocycles. The molecule has 0 aliphatic heterocycles. The Morgan fingerprint density at radius 2 is 1.23 bits per heavy atom. The van der Waals surface area contributed by atoms with Gasteiger partial charge < -0.3 is 36.8 Å². The average molecular weight is 595 g/mol. The molecule has 3 unspecified atom stereocenters. The van der Waals surface area contributed by atoms with Crippen LogP contribution < -0.4 is 21.7 Å². The Morgan fingerprint density at radius 1 is 0.682 bits per heavy atom. The molecule has 0 saturated carbocycles. The number of carbonyl (C=O) groups excluding carboxylic acids is 3. The van der Waals surface area contributed by atoms with Gasteiger partial charge in [-0.3, -0.25) is 14.4 Å². The van der Waals surface area contributed by atoms with Crippen molar-refractivity contribution in [1.29, 1.82) is 0 Å². The summed E-state index contributed by atoms with van der Waals surface area (Å²) in [5, 5.41) is 19.3. The fourth-order valence-corrected chi connectivity index (χ4v) is 5.23. The molecular formula is C33H34N6O5. The topological polar surface area (TPSA) is 182 Å². The van der Waals surface area contributed by atoms with Gasteiger partial charge in [0.2, 0.25) is 17.7 Å². The first-order valence-corrected chi connectivity index (χ1v) is 14.3. The summed E-state index contributed by atoms with van der Waals surface area (Å²) in [4.78, 5) is 57.5. The zero-order valence-corrected chi connectivity index (χ0v) is 23.9. The van der Waals surface area contributed by atoms with Gasteiger partial charge in [0.25, 0.3) is 0 Å². The normalized spacial score (nSPS) is 13.2. The second-order valence-corrected chi connectivity index (χ2v) is 10.7. The molecule has 226 valence electrons. The lowest BCUT2D eigenvalue weighted by molar-refractivity contribution is -0.141. The van der Waals surface area contributed by atoms with Crippen LogP contribution in [0.3, 0.4) is 0 Å². The number of amides is 3. The number of benzene rings is 3. The van der Waals surface area contributed by atoms with E-state index in [0.29, 0.717) is 0 Å². The molecule has 0 radical (unpaired) electrons. The van der Waals surface area contributed by atoms with Crippen molar-refractivity contribution in [3.63, 3.8) is 0 Å². The van der Waals surface area contributed by atoms with Gasteiger partial charge in [-0.25, -0.2) is 4.79 Å². The fraction of sp³-hybridized carbons (Fsp3) is 0.212. The zero-order chi connectivity index (χ0) is 31.1. The smallest absolute Gasteiger partial charge is 0.326 e. The predicted molar refractivity (Wildman–Crippen MR) is 167 cm³/mol. The Bertz CT molecular complexity index is 1780. The number of hydrogen-bond donors (Lipinski definition) is 7. The van der Waals surface area contributed by atoms with Crippen LogP contribution in [0.2, 0.25) is 0 Å². The van der Waals surface area contributed by atoms with Crippen LogP contribution >= 0.6 is 0 Å². The van der Waals surface area contributed by atoms with E-state index in [0.717, 1.165) is 38.5 Å². The first-order valence-electron chi connectivity index (χ1n) is 14.3. The maximum Gasteiger partial charge on any atom is 0.326 e. The Labute approximate surface area is 253 Å². The third-order valence-corrected chi connectivity index (χ3v) is 7.52. The van der Waals surface area contributed by atoms with Gasteiger partial charge >= 0.3 is 5.97 Å². The summed E-state index contributed by atoms with van der Waals surface area (Å²) in [6.07, 6.45) is 3.96. The highest BCUT2D eigenvalue weighted by atomic mass is 16.4. The number of carboxylic acid groups (broad SMARTS) is 1. The molecule has 0 aliphatic carbocycles. The van der Waals surface area contributed by atoms with E-state index in [1.807, 2.05) is 78.9 Å². The third kappa shape index (κ3) is 7.31. The van der Waals surface area contributed by atoms with E-state index in [9.17, 15) is 24.3 Å². The van der Waals surface area contributed by atoms with E-state index in [1.165, 1.54) is 0 Å². The number of rotatable bonds is 13. The monoisotopic (exact) mass is 594 g/mol. The van der Waals surface area contributed by atoms with E-state index in [2.05, 4.69) is 25.9 Å². The number of nitrogens with two attached hydrogens (primary N) is 1. The maximum absolute atomic E-state index is 13.4. The summed E-state index contributed by atoms with van der Waals surface area (Å²) in [6.45, 7) is -0.479. The van der Waals surface area contributed by atoms with E-state index in [1.54, 1.807) is 12.4 Å². The molecule has 0 saturated heterocycles. The molecule has 3 aromatic carbocycles. The van der Waals surface area contributed by atoms with Crippen LogP contribution in [0.15, 0.2) is 91.3 Å². The molecule has 5 rings (SSSR count). The van der Waals surface area contributed by atoms with Crippen LogP contribution in [0, 0.1) is 0 Å². The SMILES string of the molecule is NC(Cc1ccccc1)C(=O)NC(Cc1c[nH]c2ccccc12)C(=O)NCC(=O)NC(Cc1c[nH]c2ccccc12)C(=O)O. The molecule has 44 heavy (non-hydrogen) atoms. The Morgan fingerprint density at radius 3 is 1.82 bits per heavy atom. The number of carboxylic acids is 1. The largest absolute Gasteiger partial charge is 0.480 e. The highest BCUT2D eigenvalue weighted by Crippen LogP contribution is 2.20. The van der Waals surface area contributed by atoms with Crippen LogP contribution in [-0.2, 0) is 38.4 Å². The zero-order valence-electron chi connectivity index (χ0n) is 23.9. The Hall–Kier alpha value is -5.42. The van der Waals surface area contributed by atoms with Gasteiger partial charge in [-0.2, -0.15) is 0 Å². The van der Waals surface area contributed by atoms with E-state index in [-0.39, 0.29) is 19.3 Å². The van der Waals surface area contributed by atoms with Crippen molar-refractivity contribution in [1.82, 2.24) is 25.9 Å². The fourth-order valence-electron chi connectivity index (χ4n) is 5.23. The van der Waals surface area contributed by atoms with E-state index < -0.39 is 48.4 Å². The number of nitrogens with one attached hydrogen (secondary N) is 5. The minimum Gasteiger partial charge on any atom is -0.480 e. The summed E-state index contributed by atoms with van der Waals surface area (Å²) < 4.78 is 0. The summed E-state index contributed by atoms with van der Waals surface area (Å²) in [7, 11) is 0.